The van der Waals surface area contributed by atoms with E-state index in [1.54, 1.807) is 0 Å². The van der Waals surface area contributed by atoms with E-state index in [1.807, 2.05) is 21.1 Å². The van der Waals surface area contributed by atoms with Gasteiger partial charge in [0.15, 0.2) is 12.1 Å². The Morgan fingerprint density at radius 1 is 0.738 bits per heavy atom. The molecule has 0 aliphatic carbocycles. The second-order valence-electron chi connectivity index (χ2n) is 11.7. The minimum atomic E-state index is -0.885. The van der Waals surface area contributed by atoms with E-state index in [0.29, 0.717) is 19.3 Å². The second kappa shape index (κ2) is 26.2. The summed E-state index contributed by atoms with van der Waals surface area (Å²) in [7, 11) is 5.48. The van der Waals surface area contributed by atoms with Gasteiger partial charge in [-0.1, -0.05) is 82.4 Å². The van der Waals surface area contributed by atoms with Gasteiger partial charge in [-0.25, -0.2) is 4.79 Å². The zero-order valence-electron chi connectivity index (χ0n) is 27.2. The fourth-order valence-corrected chi connectivity index (χ4v) is 4.28. The number of allylic oxidation sites excluding steroid dienone is 6. The van der Waals surface area contributed by atoms with Gasteiger partial charge in [0.05, 0.1) is 34.4 Å². The van der Waals surface area contributed by atoms with Crippen molar-refractivity contribution in [3.63, 3.8) is 0 Å². The van der Waals surface area contributed by atoms with Crippen molar-refractivity contribution in [3.8, 4) is 0 Å². The summed E-state index contributed by atoms with van der Waals surface area (Å²) < 4.78 is 17.0. The summed E-state index contributed by atoms with van der Waals surface area (Å²) in [5, 5.41) is 9.51. The van der Waals surface area contributed by atoms with E-state index in [9.17, 15) is 19.5 Å². The van der Waals surface area contributed by atoms with Crippen LogP contribution in [0.4, 0.5) is 0 Å². The third-order valence-electron chi connectivity index (χ3n) is 6.80. The SMILES string of the molecule is CC/C=C\C/C=C\C/C=C\CCCCCC(=O)OC(COCCC(C(=O)O)[N+](C)(C)C)COC(=O)CCCCCCC. The number of aliphatic carboxylic acids is 1. The molecule has 0 saturated carbocycles. The number of nitrogens with zero attached hydrogens (tertiary/aromatic N) is 1. The molecule has 242 valence electrons. The van der Waals surface area contributed by atoms with Crippen molar-refractivity contribution in [2.24, 2.45) is 0 Å². The smallest absolute Gasteiger partial charge is 0.362 e. The molecular weight excluding hydrogens is 534 g/mol. The molecule has 0 saturated heterocycles. The fraction of sp³-hybridized carbons (Fsp3) is 0.735. The van der Waals surface area contributed by atoms with Crippen LogP contribution >= 0.6 is 0 Å². The lowest BCUT2D eigenvalue weighted by Crippen LogP contribution is -2.50. The maximum absolute atomic E-state index is 12.5. The van der Waals surface area contributed by atoms with Crippen molar-refractivity contribution in [2.45, 2.75) is 122 Å². The summed E-state index contributed by atoms with van der Waals surface area (Å²) in [5.74, 6) is -1.53. The first-order chi connectivity index (χ1) is 20.1. The van der Waals surface area contributed by atoms with Gasteiger partial charge < -0.3 is 23.8 Å². The van der Waals surface area contributed by atoms with Gasteiger partial charge in [-0.2, -0.15) is 0 Å². The molecule has 0 rings (SSSR count). The zero-order valence-corrected chi connectivity index (χ0v) is 27.2. The highest BCUT2D eigenvalue weighted by atomic mass is 16.6. The van der Waals surface area contributed by atoms with Crippen LogP contribution in [0.2, 0.25) is 0 Å². The zero-order chi connectivity index (χ0) is 31.5. The molecule has 2 atom stereocenters. The molecule has 0 aliphatic rings. The lowest BCUT2D eigenvalue weighted by Gasteiger charge is -2.31. The van der Waals surface area contributed by atoms with Crippen LogP contribution in [0.5, 0.6) is 0 Å². The standard InChI is InChI=1S/C34H59NO7/c1-6-8-10-12-13-14-15-16-17-18-19-21-23-25-33(37)42-30(29-41-32(36)24-22-20-11-9-7-2)28-40-27-26-31(34(38)39)35(3,4)5/h8,10,13-14,16-17,30-31H,6-7,9,11-12,15,18-29H2,1-5H3/p+1/b10-8-,14-13-,17-16-. The molecule has 0 radical (unpaired) electrons. The second-order valence-corrected chi connectivity index (χ2v) is 11.7. The number of esters is 2. The molecule has 2 unspecified atom stereocenters. The summed E-state index contributed by atoms with van der Waals surface area (Å²) >= 11 is 0. The van der Waals surface area contributed by atoms with Crippen molar-refractivity contribution >= 4 is 17.9 Å². The first kappa shape index (κ1) is 39.5. The molecule has 0 heterocycles. The minimum Gasteiger partial charge on any atom is -0.477 e. The van der Waals surface area contributed by atoms with Crippen LogP contribution in [-0.2, 0) is 28.6 Å². The molecule has 0 aromatic rings. The number of likely N-dealkylation sites (N-methyl/N-ethyl adjacent to an activating group) is 1. The van der Waals surface area contributed by atoms with Gasteiger partial charge in [-0.05, 0) is 44.9 Å². The van der Waals surface area contributed by atoms with Crippen molar-refractivity contribution in [1.82, 2.24) is 0 Å². The topological polar surface area (TPSA) is 99.1 Å². The van der Waals surface area contributed by atoms with Crippen molar-refractivity contribution in [1.29, 1.82) is 0 Å². The van der Waals surface area contributed by atoms with E-state index in [4.69, 9.17) is 14.2 Å². The quantitative estimate of drug-likeness (QED) is 0.0465. The Bertz CT molecular complexity index is 798. The third-order valence-corrected chi connectivity index (χ3v) is 6.80. The highest BCUT2D eigenvalue weighted by molar-refractivity contribution is 5.72. The summed E-state index contributed by atoms with van der Waals surface area (Å²) in [6, 6.07) is -0.615. The van der Waals surface area contributed by atoms with Gasteiger partial charge in [-0.3, -0.25) is 9.59 Å². The Labute approximate surface area is 255 Å². The molecule has 8 nitrogen and oxygen atoms in total. The summed E-state index contributed by atoms with van der Waals surface area (Å²) in [4.78, 5) is 36.3. The molecule has 8 heteroatoms. The van der Waals surface area contributed by atoms with Crippen LogP contribution < -0.4 is 0 Å². The van der Waals surface area contributed by atoms with Gasteiger partial charge in [0.1, 0.15) is 6.61 Å². The number of hydrogen-bond acceptors (Lipinski definition) is 6. The monoisotopic (exact) mass is 594 g/mol. The normalized spacial score (nSPS) is 13.6. The van der Waals surface area contributed by atoms with E-state index in [-0.39, 0.29) is 36.2 Å². The number of carboxylic acid groups (broad SMARTS) is 1. The van der Waals surface area contributed by atoms with E-state index >= 15 is 0 Å². The van der Waals surface area contributed by atoms with Crippen molar-refractivity contribution in [3.05, 3.63) is 36.5 Å². The summed E-state index contributed by atoms with van der Waals surface area (Å²) in [6.07, 6.45) is 25.1. The molecule has 0 bridgehead atoms. The third kappa shape index (κ3) is 24.2. The Morgan fingerprint density at radius 3 is 1.95 bits per heavy atom. The highest BCUT2D eigenvalue weighted by Crippen LogP contribution is 2.11. The molecule has 42 heavy (non-hydrogen) atoms. The molecule has 0 aliphatic heterocycles. The molecule has 0 aromatic carbocycles. The summed E-state index contributed by atoms with van der Waals surface area (Å²) in [6.45, 7) is 4.46. The fourth-order valence-electron chi connectivity index (χ4n) is 4.28. The van der Waals surface area contributed by atoms with E-state index < -0.39 is 18.1 Å². The average molecular weight is 595 g/mol. The minimum absolute atomic E-state index is 0.0487. The largest absolute Gasteiger partial charge is 0.477 e. The molecule has 0 amide bonds. The van der Waals surface area contributed by atoms with Gasteiger partial charge in [0.25, 0.3) is 0 Å². The summed E-state index contributed by atoms with van der Waals surface area (Å²) in [5.41, 5.74) is 0. The van der Waals surface area contributed by atoms with E-state index in [1.165, 1.54) is 0 Å². The van der Waals surface area contributed by atoms with Crippen LogP contribution in [0.1, 0.15) is 110 Å². The van der Waals surface area contributed by atoms with E-state index in [2.05, 4.69) is 50.3 Å². The number of carbonyl (C=O) groups is 3. The molecule has 1 N–H and O–H groups in total. The molecule has 0 fully saturated rings. The lowest BCUT2D eigenvalue weighted by molar-refractivity contribution is -0.887. The number of carboxylic acids is 1. The maximum atomic E-state index is 12.5. The van der Waals surface area contributed by atoms with Gasteiger partial charge >= 0.3 is 17.9 Å². The van der Waals surface area contributed by atoms with Crippen LogP contribution in [0.3, 0.4) is 0 Å². The van der Waals surface area contributed by atoms with Gasteiger partial charge in [0, 0.05) is 19.3 Å². The highest BCUT2D eigenvalue weighted by Gasteiger charge is 2.31. The lowest BCUT2D eigenvalue weighted by atomic mass is 10.1. The van der Waals surface area contributed by atoms with Crippen LogP contribution in [0.15, 0.2) is 36.5 Å². The molecule has 0 spiro atoms. The predicted molar refractivity (Wildman–Crippen MR) is 169 cm³/mol. The Kier molecular flexibility index (Phi) is 24.7. The van der Waals surface area contributed by atoms with Crippen LogP contribution in [0, 0.1) is 0 Å². The first-order valence-electron chi connectivity index (χ1n) is 16.0. The first-order valence-corrected chi connectivity index (χ1v) is 16.0. The maximum Gasteiger partial charge on any atom is 0.362 e. The number of hydrogen-bond donors (Lipinski definition) is 1. The number of rotatable bonds is 27. The Balaban J connectivity index is 4.51. The van der Waals surface area contributed by atoms with E-state index in [0.717, 1.165) is 77.0 Å². The van der Waals surface area contributed by atoms with Crippen molar-refractivity contribution in [2.75, 3.05) is 41.0 Å². The average Bonchev–Trinajstić information content (AvgIpc) is 2.92. The Morgan fingerprint density at radius 2 is 1.33 bits per heavy atom. The molecular formula is C34H60NO7+. The number of carbonyl (C=O) groups excluding carboxylic acids is 2. The van der Waals surface area contributed by atoms with Gasteiger partial charge in [-0.15, -0.1) is 0 Å². The predicted octanol–water partition coefficient (Wildman–Crippen LogP) is 7.18. The number of quaternary nitrogens is 1. The number of unbranched alkanes of at least 4 members (excludes halogenated alkanes) is 7. The number of ether oxygens (including phenoxy) is 3. The molecule has 0 aromatic heterocycles. The van der Waals surface area contributed by atoms with Crippen LogP contribution in [-0.4, -0.2) is 80.6 Å². The van der Waals surface area contributed by atoms with Crippen LogP contribution in [0.25, 0.3) is 0 Å². The Hall–Kier alpha value is -2.45. The van der Waals surface area contributed by atoms with Gasteiger partial charge in [0.2, 0.25) is 0 Å². The van der Waals surface area contributed by atoms with Crippen molar-refractivity contribution < 1.29 is 38.2 Å².